The van der Waals surface area contributed by atoms with Crippen molar-refractivity contribution >= 4 is 17.5 Å². The Morgan fingerprint density at radius 3 is 2.41 bits per heavy atom. The number of carbonyl (C=O) groups excluding carboxylic acids is 2. The first-order valence-electron chi connectivity index (χ1n) is 13.4. The van der Waals surface area contributed by atoms with E-state index in [2.05, 4.69) is 41.4 Å². The zero-order chi connectivity index (χ0) is 27.4. The number of fused-ring (bicyclic) bond motifs is 1. The van der Waals surface area contributed by atoms with E-state index in [4.69, 9.17) is 4.84 Å². The molecule has 0 radical (unpaired) electrons. The van der Waals surface area contributed by atoms with Gasteiger partial charge in [0.1, 0.15) is 6.04 Å². The molecule has 2 amide bonds. The Kier molecular flexibility index (Phi) is 7.77. The first kappa shape index (κ1) is 26.6. The SMILES string of the molecule is CC(C)[C@H]1C(=O)N(c2ccncc2)OC2N1C=C[C@@]2(CCCc1ccc(-c2ccccc2)cc1)CC(=O)NO. The lowest BCUT2D eigenvalue weighted by Gasteiger charge is -2.48. The molecule has 0 aliphatic carbocycles. The summed E-state index contributed by atoms with van der Waals surface area (Å²) in [6.45, 7) is 4.01. The summed E-state index contributed by atoms with van der Waals surface area (Å²) in [5, 5.41) is 10.7. The molecule has 39 heavy (non-hydrogen) atoms. The number of benzene rings is 2. The smallest absolute Gasteiger partial charge is 0.273 e. The molecule has 8 heteroatoms. The molecule has 0 bridgehead atoms. The van der Waals surface area contributed by atoms with Gasteiger partial charge in [0.05, 0.1) is 5.69 Å². The molecule has 3 heterocycles. The van der Waals surface area contributed by atoms with Crippen LogP contribution in [0.3, 0.4) is 0 Å². The average Bonchev–Trinajstić information content (AvgIpc) is 3.30. The highest BCUT2D eigenvalue weighted by molar-refractivity contribution is 5.96. The number of anilines is 1. The molecule has 2 aliphatic rings. The molecule has 1 aromatic heterocycles. The van der Waals surface area contributed by atoms with Crippen LogP contribution in [0.1, 0.15) is 38.7 Å². The van der Waals surface area contributed by atoms with Crippen LogP contribution in [-0.2, 0) is 20.8 Å². The van der Waals surface area contributed by atoms with Crippen molar-refractivity contribution in [3.8, 4) is 11.1 Å². The number of hydroxylamine groups is 2. The van der Waals surface area contributed by atoms with Gasteiger partial charge >= 0.3 is 0 Å². The molecule has 1 unspecified atom stereocenters. The maximum absolute atomic E-state index is 13.5. The van der Waals surface area contributed by atoms with Gasteiger partial charge in [-0.15, -0.1) is 0 Å². The maximum atomic E-state index is 13.5. The van der Waals surface area contributed by atoms with Gasteiger partial charge in [0, 0.05) is 24.2 Å². The molecule has 202 valence electrons. The third kappa shape index (κ3) is 5.44. The molecule has 1 saturated heterocycles. The number of carbonyl (C=O) groups is 2. The standard InChI is InChI=1S/C31H34N4O4/c1-22(2)28-29(37)35(26-14-18-32-19-15-26)39-30-31(17-20-34(28)30,21-27(36)33-38)16-6-7-23-10-12-25(13-11-23)24-8-4-3-5-9-24/h3-5,8-15,17-20,22,28,30,38H,6-7,16,21H2,1-2H3,(H,33,36)/t28-,30?,31-/m0/s1. The summed E-state index contributed by atoms with van der Waals surface area (Å²) >= 11 is 0. The summed E-state index contributed by atoms with van der Waals surface area (Å²) < 4.78 is 0. The van der Waals surface area contributed by atoms with Crippen LogP contribution < -0.4 is 10.5 Å². The first-order chi connectivity index (χ1) is 18.9. The second kappa shape index (κ2) is 11.4. The largest absolute Gasteiger partial charge is 0.338 e. The zero-order valence-corrected chi connectivity index (χ0v) is 22.2. The Balaban J connectivity index is 1.37. The fourth-order valence-corrected chi connectivity index (χ4v) is 5.68. The number of aromatic nitrogens is 1. The first-order valence-corrected chi connectivity index (χ1v) is 13.4. The molecule has 5 rings (SSSR count). The topological polar surface area (TPSA) is 95.0 Å². The van der Waals surface area contributed by atoms with Crippen molar-refractivity contribution in [2.45, 2.75) is 51.8 Å². The third-order valence-corrected chi connectivity index (χ3v) is 7.63. The normalized spacial score (nSPS) is 22.3. The summed E-state index contributed by atoms with van der Waals surface area (Å²) in [4.78, 5) is 38.4. The highest BCUT2D eigenvalue weighted by atomic mass is 16.7. The number of aryl methyl sites for hydroxylation is 1. The number of nitrogens with one attached hydrogen (secondary N) is 1. The van der Waals surface area contributed by atoms with Crippen LogP contribution in [0.4, 0.5) is 5.69 Å². The van der Waals surface area contributed by atoms with Gasteiger partial charge in [-0.25, -0.2) is 10.3 Å². The number of hydrogen-bond donors (Lipinski definition) is 2. The van der Waals surface area contributed by atoms with E-state index >= 15 is 0 Å². The van der Waals surface area contributed by atoms with Crippen LogP contribution in [-0.4, -0.2) is 39.2 Å². The van der Waals surface area contributed by atoms with Crippen LogP contribution >= 0.6 is 0 Å². The van der Waals surface area contributed by atoms with Gasteiger partial charge in [-0.2, -0.15) is 5.06 Å². The van der Waals surface area contributed by atoms with E-state index in [0.717, 1.165) is 12.8 Å². The second-order valence-electron chi connectivity index (χ2n) is 10.6. The minimum absolute atomic E-state index is 0.00323. The highest BCUT2D eigenvalue weighted by Crippen LogP contribution is 2.47. The fourth-order valence-electron chi connectivity index (χ4n) is 5.68. The summed E-state index contributed by atoms with van der Waals surface area (Å²) in [6.07, 6.45) is 8.76. The van der Waals surface area contributed by atoms with E-state index in [1.807, 2.05) is 49.2 Å². The molecule has 2 N–H and O–H groups in total. The Labute approximate surface area is 228 Å². The molecular formula is C31H34N4O4. The number of pyridine rings is 1. The van der Waals surface area contributed by atoms with Gasteiger partial charge < -0.3 is 4.90 Å². The molecule has 3 atom stereocenters. The van der Waals surface area contributed by atoms with Crippen LogP contribution in [0.25, 0.3) is 11.1 Å². The molecule has 8 nitrogen and oxygen atoms in total. The summed E-state index contributed by atoms with van der Waals surface area (Å²) in [7, 11) is 0. The molecule has 0 spiro atoms. The van der Waals surface area contributed by atoms with E-state index in [-0.39, 0.29) is 18.2 Å². The lowest BCUT2D eigenvalue weighted by atomic mass is 9.78. The van der Waals surface area contributed by atoms with Crippen molar-refractivity contribution < 1.29 is 19.6 Å². The van der Waals surface area contributed by atoms with Crippen molar-refractivity contribution in [1.29, 1.82) is 0 Å². The van der Waals surface area contributed by atoms with E-state index in [1.165, 1.54) is 21.8 Å². The van der Waals surface area contributed by atoms with Crippen LogP contribution in [0.2, 0.25) is 0 Å². The van der Waals surface area contributed by atoms with Crippen LogP contribution in [0, 0.1) is 11.3 Å². The third-order valence-electron chi connectivity index (χ3n) is 7.63. The Hall–Kier alpha value is -4.01. The van der Waals surface area contributed by atoms with Gasteiger partial charge in [0.15, 0.2) is 6.23 Å². The average molecular weight is 527 g/mol. The van der Waals surface area contributed by atoms with E-state index in [1.54, 1.807) is 30.0 Å². The van der Waals surface area contributed by atoms with Crippen molar-refractivity contribution in [1.82, 2.24) is 15.4 Å². The molecular weight excluding hydrogens is 492 g/mol. The number of nitrogens with zero attached hydrogens (tertiary/aromatic N) is 3. The monoisotopic (exact) mass is 526 g/mol. The molecule has 1 fully saturated rings. The van der Waals surface area contributed by atoms with Gasteiger partial charge in [0.25, 0.3) is 5.91 Å². The minimum atomic E-state index is -0.740. The van der Waals surface area contributed by atoms with Gasteiger partial charge in [-0.1, -0.05) is 74.5 Å². The van der Waals surface area contributed by atoms with E-state index < -0.39 is 23.6 Å². The minimum Gasteiger partial charge on any atom is -0.338 e. The summed E-state index contributed by atoms with van der Waals surface area (Å²) in [5.41, 5.74) is 5.19. The van der Waals surface area contributed by atoms with Crippen LogP contribution in [0.15, 0.2) is 91.4 Å². The van der Waals surface area contributed by atoms with E-state index in [0.29, 0.717) is 12.1 Å². The van der Waals surface area contributed by atoms with Crippen molar-refractivity contribution in [2.24, 2.45) is 11.3 Å². The zero-order valence-electron chi connectivity index (χ0n) is 22.2. The van der Waals surface area contributed by atoms with Crippen molar-refractivity contribution in [2.75, 3.05) is 5.06 Å². The number of hydrogen-bond acceptors (Lipinski definition) is 6. The maximum Gasteiger partial charge on any atom is 0.273 e. The summed E-state index contributed by atoms with van der Waals surface area (Å²) in [5.74, 6) is -0.660. The predicted molar refractivity (Wildman–Crippen MR) is 148 cm³/mol. The summed E-state index contributed by atoms with van der Waals surface area (Å²) in [6, 6.07) is 21.8. The lowest BCUT2D eigenvalue weighted by Crippen LogP contribution is -2.63. The molecule has 0 saturated carbocycles. The van der Waals surface area contributed by atoms with Crippen LogP contribution in [0.5, 0.6) is 0 Å². The number of amides is 2. The van der Waals surface area contributed by atoms with Gasteiger partial charge in [0.2, 0.25) is 5.91 Å². The van der Waals surface area contributed by atoms with Crippen molar-refractivity contribution in [3.63, 3.8) is 0 Å². The second-order valence-corrected chi connectivity index (χ2v) is 10.6. The quantitative estimate of drug-likeness (QED) is 0.297. The molecule has 2 aliphatic heterocycles. The Bertz CT molecular complexity index is 1310. The van der Waals surface area contributed by atoms with Gasteiger partial charge in [-0.3, -0.25) is 19.8 Å². The predicted octanol–water partition coefficient (Wildman–Crippen LogP) is 5.11. The van der Waals surface area contributed by atoms with E-state index in [9.17, 15) is 14.8 Å². The Morgan fingerprint density at radius 1 is 1.05 bits per heavy atom. The molecule has 3 aromatic rings. The Morgan fingerprint density at radius 2 is 1.74 bits per heavy atom. The van der Waals surface area contributed by atoms with Crippen molar-refractivity contribution in [3.05, 3.63) is 97.0 Å². The highest BCUT2D eigenvalue weighted by Gasteiger charge is 2.54. The number of rotatable bonds is 9. The van der Waals surface area contributed by atoms with Gasteiger partial charge in [-0.05, 0) is 60.2 Å². The fraction of sp³-hybridized carbons (Fsp3) is 0.323. The molecule has 2 aromatic carbocycles. The lowest BCUT2D eigenvalue weighted by molar-refractivity contribution is -0.179.